The second-order valence-electron chi connectivity index (χ2n) is 10.5. The van der Waals surface area contributed by atoms with Gasteiger partial charge in [-0.1, -0.05) is 97.1 Å². The minimum atomic E-state index is -4.74. The topological polar surface area (TPSA) is 22.1 Å². The highest BCUT2D eigenvalue weighted by molar-refractivity contribution is 5.78. The summed E-state index contributed by atoms with van der Waals surface area (Å²) in [6, 6.07) is 35.5. The molecule has 7 rings (SSSR count). The molecule has 42 heavy (non-hydrogen) atoms. The van der Waals surface area contributed by atoms with E-state index in [0.717, 1.165) is 40.8 Å². The maximum Gasteiger partial charge on any atom is 0.573 e. The number of para-hydroxylation sites is 1. The molecule has 1 aromatic heterocycles. The van der Waals surface area contributed by atoms with E-state index < -0.39 is 6.36 Å². The predicted octanol–water partition coefficient (Wildman–Crippen LogP) is 7.99. The molecule has 4 aromatic carbocycles. The van der Waals surface area contributed by atoms with Crippen molar-refractivity contribution in [2.45, 2.75) is 38.0 Å². The first-order valence-corrected chi connectivity index (χ1v) is 14.2. The smallest absolute Gasteiger partial charge is 0.405 e. The van der Waals surface area contributed by atoms with E-state index in [2.05, 4.69) is 64.3 Å². The Morgan fingerprint density at radius 2 is 1.40 bits per heavy atom. The lowest BCUT2D eigenvalue weighted by Crippen LogP contribution is -2.38. The molecule has 0 aliphatic heterocycles. The van der Waals surface area contributed by atoms with Gasteiger partial charge in [0.05, 0.1) is 0 Å². The van der Waals surface area contributed by atoms with Gasteiger partial charge < -0.3 is 4.74 Å². The van der Waals surface area contributed by atoms with Crippen LogP contribution in [0.3, 0.4) is 0 Å². The summed E-state index contributed by atoms with van der Waals surface area (Å²) in [4.78, 5) is 3.78. The maximum absolute atomic E-state index is 13.3. The third-order valence-corrected chi connectivity index (χ3v) is 7.93. The number of hydrogen-bond acceptors (Lipinski definition) is 2. The predicted molar refractivity (Wildman–Crippen MR) is 161 cm³/mol. The third kappa shape index (κ3) is 6.01. The van der Waals surface area contributed by atoms with Gasteiger partial charge in [0.15, 0.2) is 0 Å². The fourth-order valence-electron chi connectivity index (χ4n) is 6.15. The van der Waals surface area contributed by atoms with E-state index in [4.69, 9.17) is 0 Å². The van der Waals surface area contributed by atoms with E-state index >= 15 is 0 Å². The van der Waals surface area contributed by atoms with Gasteiger partial charge in [-0.15, -0.1) is 13.2 Å². The number of rotatable bonds is 4. The van der Waals surface area contributed by atoms with Crippen LogP contribution in [0.15, 0.2) is 122 Å². The zero-order valence-corrected chi connectivity index (χ0v) is 23.0. The molecule has 1 heterocycles. The summed E-state index contributed by atoms with van der Waals surface area (Å²) in [5.74, 6) is 0.152. The van der Waals surface area contributed by atoms with Gasteiger partial charge in [-0.3, -0.25) is 4.98 Å². The molecule has 2 aliphatic carbocycles. The SMILES string of the molecule is FC(F)(F)Oc1ccccc1C1=c2c(ccc3c2=CCc2ccccc2-3)C(Cc2ccccc2)CC1.c1ccncc1. The summed E-state index contributed by atoms with van der Waals surface area (Å²) >= 11 is 0. The molecule has 5 aromatic rings. The van der Waals surface area contributed by atoms with Crippen molar-refractivity contribution in [2.24, 2.45) is 0 Å². The van der Waals surface area contributed by atoms with Crippen molar-refractivity contribution in [2.75, 3.05) is 0 Å². The summed E-state index contributed by atoms with van der Waals surface area (Å²) in [7, 11) is 0. The second-order valence-corrected chi connectivity index (χ2v) is 10.5. The van der Waals surface area contributed by atoms with Crippen molar-refractivity contribution >= 4 is 11.6 Å². The van der Waals surface area contributed by atoms with E-state index in [1.165, 1.54) is 28.3 Å². The van der Waals surface area contributed by atoms with Crippen LogP contribution in [0, 0.1) is 0 Å². The maximum atomic E-state index is 13.3. The van der Waals surface area contributed by atoms with Crippen LogP contribution in [0.1, 0.15) is 41.0 Å². The Balaban J connectivity index is 0.000000470. The molecule has 0 spiro atoms. The van der Waals surface area contributed by atoms with E-state index in [1.807, 2.05) is 36.4 Å². The Morgan fingerprint density at radius 1 is 0.714 bits per heavy atom. The lowest BCUT2D eigenvalue weighted by Gasteiger charge is -2.28. The summed E-state index contributed by atoms with van der Waals surface area (Å²) < 4.78 is 44.4. The molecule has 2 nitrogen and oxygen atoms in total. The minimum absolute atomic E-state index is 0.138. The minimum Gasteiger partial charge on any atom is -0.405 e. The third-order valence-electron chi connectivity index (χ3n) is 7.93. The molecular formula is C37H30F3NO. The van der Waals surface area contributed by atoms with Crippen LogP contribution in [-0.2, 0) is 12.8 Å². The molecular weight excluding hydrogens is 531 g/mol. The van der Waals surface area contributed by atoms with Crippen molar-refractivity contribution in [1.29, 1.82) is 0 Å². The molecule has 0 fully saturated rings. The van der Waals surface area contributed by atoms with Crippen LogP contribution in [0.5, 0.6) is 5.75 Å². The number of hydrogen-bond donors (Lipinski definition) is 0. The van der Waals surface area contributed by atoms with Crippen molar-refractivity contribution in [1.82, 2.24) is 4.98 Å². The molecule has 1 atom stereocenters. The lowest BCUT2D eigenvalue weighted by atomic mass is 9.76. The number of fused-ring (bicyclic) bond motifs is 5. The van der Waals surface area contributed by atoms with Crippen LogP contribution < -0.4 is 15.2 Å². The molecule has 0 bridgehead atoms. The standard InChI is InChI=1S/C32H25F3O.C5H5N/c33-32(34,35)36-30-13-7-6-12-27(30)29-17-15-23(20-21-8-2-1-3-9-21)25-18-19-26-24-11-5-4-10-22(24)14-16-28(26)31(25)29;1-2-4-6-5-3-1/h1-13,16,18-19,23H,14-15,17,20H2;1-5H. The Morgan fingerprint density at radius 3 is 2.12 bits per heavy atom. The lowest BCUT2D eigenvalue weighted by molar-refractivity contribution is -0.274. The highest BCUT2D eigenvalue weighted by Gasteiger charge is 2.33. The number of benzene rings is 4. The average molecular weight is 562 g/mol. The molecule has 2 aliphatic rings. The van der Waals surface area contributed by atoms with Gasteiger partial charge in [-0.25, -0.2) is 0 Å². The summed E-state index contributed by atoms with van der Waals surface area (Å²) in [5.41, 5.74) is 7.53. The first kappa shape index (κ1) is 27.5. The summed E-state index contributed by atoms with van der Waals surface area (Å²) in [6.45, 7) is 0. The average Bonchev–Trinajstić information content (AvgIpc) is 3.02. The molecule has 0 saturated heterocycles. The summed E-state index contributed by atoms with van der Waals surface area (Å²) in [5, 5.41) is 2.20. The number of alkyl halides is 3. The molecule has 0 saturated carbocycles. The van der Waals surface area contributed by atoms with Gasteiger partial charge >= 0.3 is 6.36 Å². The summed E-state index contributed by atoms with van der Waals surface area (Å²) in [6.07, 6.45) is 4.26. The fourth-order valence-corrected chi connectivity index (χ4v) is 6.15. The highest BCUT2D eigenvalue weighted by Crippen LogP contribution is 2.37. The number of nitrogens with zero attached hydrogens (tertiary/aromatic N) is 1. The number of halogens is 3. The molecule has 210 valence electrons. The van der Waals surface area contributed by atoms with Crippen LogP contribution in [-0.4, -0.2) is 11.3 Å². The number of pyridine rings is 1. The number of ether oxygens (including phenoxy) is 1. The zero-order valence-electron chi connectivity index (χ0n) is 23.0. The molecule has 5 heteroatoms. The Labute approximate surface area is 243 Å². The highest BCUT2D eigenvalue weighted by atomic mass is 19.4. The van der Waals surface area contributed by atoms with Crippen LogP contribution in [0.4, 0.5) is 13.2 Å². The van der Waals surface area contributed by atoms with Crippen LogP contribution in [0.25, 0.3) is 22.8 Å². The van der Waals surface area contributed by atoms with Crippen molar-refractivity contribution in [3.63, 3.8) is 0 Å². The van der Waals surface area contributed by atoms with Crippen molar-refractivity contribution in [3.8, 4) is 16.9 Å². The Bertz CT molecular complexity index is 1770. The quantitative estimate of drug-likeness (QED) is 0.222. The van der Waals surface area contributed by atoms with Gasteiger partial charge in [0.1, 0.15) is 5.75 Å². The second kappa shape index (κ2) is 12.1. The Kier molecular flexibility index (Phi) is 7.91. The van der Waals surface area contributed by atoms with E-state index in [-0.39, 0.29) is 11.7 Å². The van der Waals surface area contributed by atoms with Gasteiger partial charge in [0.25, 0.3) is 0 Å². The first-order valence-electron chi connectivity index (χ1n) is 14.2. The van der Waals surface area contributed by atoms with Crippen LogP contribution in [0.2, 0.25) is 0 Å². The van der Waals surface area contributed by atoms with Gasteiger partial charge in [-0.2, -0.15) is 0 Å². The number of aromatic nitrogens is 1. The van der Waals surface area contributed by atoms with Crippen molar-refractivity contribution in [3.05, 3.63) is 154 Å². The van der Waals surface area contributed by atoms with Gasteiger partial charge in [0, 0.05) is 18.0 Å². The largest absolute Gasteiger partial charge is 0.573 e. The van der Waals surface area contributed by atoms with Crippen molar-refractivity contribution < 1.29 is 17.9 Å². The van der Waals surface area contributed by atoms with E-state index in [0.29, 0.717) is 12.0 Å². The monoisotopic (exact) mass is 561 g/mol. The van der Waals surface area contributed by atoms with Gasteiger partial charge in [-0.05, 0) is 93.6 Å². The Hall–Kier alpha value is -4.64. The van der Waals surface area contributed by atoms with E-state index in [1.54, 1.807) is 30.6 Å². The fraction of sp³-hybridized carbons (Fsp3) is 0.162. The van der Waals surface area contributed by atoms with Crippen LogP contribution >= 0.6 is 0 Å². The molecule has 0 amide bonds. The van der Waals surface area contributed by atoms with E-state index in [9.17, 15) is 13.2 Å². The van der Waals surface area contributed by atoms with Gasteiger partial charge in [0.2, 0.25) is 0 Å². The molecule has 1 unspecified atom stereocenters. The zero-order chi connectivity index (χ0) is 28.9. The molecule has 0 N–H and O–H groups in total. The first-order chi connectivity index (χ1) is 20.5. The molecule has 0 radical (unpaired) electrons. The normalized spacial score (nSPS) is 15.2.